The smallest absolute Gasteiger partial charge is 0.190 e. The lowest BCUT2D eigenvalue weighted by Gasteiger charge is -2.57. The van der Waals surface area contributed by atoms with Crippen molar-refractivity contribution in [1.29, 1.82) is 0 Å². The number of rotatable bonds is 3. The largest absolute Gasteiger partial charge is 0.388 e. The fraction of sp³-hybridized carbons (Fsp3) is 0.682. The highest BCUT2D eigenvalue weighted by Gasteiger charge is 2.68. The normalized spacial score (nSPS) is 45.8. The number of methoxy groups -OCH3 is 1. The van der Waals surface area contributed by atoms with Crippen LogP contribution in [0.3, 0.4) is 0 Å². The lowest BCUT2D eigenvalue weighted by atomic mass is 9.46. The Bertz CT molecular complexity index is 780. The summed E-state index contributed by atoms with van der Waals surface area (Å²) in [6.45, 7) is 3.52. The zero-order valence-electron chi connectivity index (χ0n) is 16.3. The number of ether oxygens (including phenoxy) is 1. The van der Waals surface area contributed by atoms with Gasteiger partial charge in [-0.25, -0.2) is 0 Å². The lowest BCUT2D eigenvalue weighted by Crippen LogP contribution is -2.61. The molecule has 0 saturated heterocycles. The Hall–Kier alpha value is -1.59. The maximum absolute atomic E-state index is 13.5. The van der Waals surface area contributed by atoms with Crippen LogP contribution in [-0.2, 0) is 19.1 Å². The number of ketones is 3. The Morgan fingerprint density at radius 3 is 2.70 bits per heavy atom. The molecule has 0 spiro atoms. The minimum absolute atomic E-state index is 0.00169. The molecule has 4 rings (SSSR count). The highest BCUT2D eigenvalue weighted by atomic mass is 16.5. The number of hydrogen-bond acceptors (Lipinski definition) is 5. The molecule has 3 saturated carbocycles. The van der Waals surface area contributed by atoms with Crippen LogP contribution in [0.25, 0.3) is 0 Å². The van der Waals surface area contributed by atoms with Crippen LogP contribution in [0.2, 0.25) is 0 Å². The van der Waals surface area contributed by atoms with Crippen molar-refractivity contribution in [3.63, 3.8) is 0 Å². The fourth-order valence-electron chi connectivity index (χ4n) is 7.05. The van der Waals surface area contributed by atoms with E-state index in [1.807, 2.05) is 13.0 Å². The molecule has 0 unspecified atom stereocenters. The zero-order valence-corrected chi connectivity index (χ0v) is 16.3. The first-order valence-corrected chi connectivity index (χ1v) is 9.90. The van der Waals surface area contributed by atoms with Gasteiger partial charge in [-0.15, -0.1) is 0 Å². The molecule has 0 aromatic carbocycles. The van der Waals surface area contributed by atoms with E-state index in [0.717, 1.165) is 24.8 Å². The van der Waals surface area contributed by atoms with Crippen LogP contribution in [-0.4, -0.2) is 41.8 Å². The van der Waals surface area contributed by atoms with Gasteiger partial charge in [0.25, 0.3) is 0 Å². The highest BCUT2D eigenvalue weighted by molar-refractivity contribution is 6.02. The molecule has 0 aromatic heterocycles. The second-order valence-electron chi connectivity index (χ2n) is 9.19. The molecular formula is C22H28O5. The first-order chi connectivity index (χ1) is 12.7. The van der Waals surface area contributed by atoms with Gasteiger partial charge in [0.2, 0.25) is 0 Å². The Kier molecular flexibility index (Phi) is 4.13. The van der Waals surface area contributed by atoms with Gasteiger partial charge in [-0.3, -0.25) is 14.4 Å². The van der Waals surface area contributed by atoms with Gasteiger partial charge in [-0.1, -0.05) is 25.5 Å². The highest BCUT2D eigenvalue weighted by Crippen LogP contribution is 2.66. The summed E-state index contributed by atoms with van der Waals surface area (Å²) in [4.78, 5) is 38.0. The molecule has 0 radical (unpaired) electrons. The van der Waals surface area contributed by atoms with Crippen LogP contribution in [0.15, 0.2) is 23.8 Å². The van der Waals surface area contributed by atoms with Crippen molar-refractivity contribution in [2.24, 2.45) is 28.6 Å². The first-order valence-electron chi connectivity index (χ1n) is 9.90. The summed E-state index contributed by atoms with van der Waals surface area (Å²) >= 11 is 0. The van der Waals surface area contributed by atoms with Gasteiger partial charge in [-0.2, -0.15) is 0 Å². The number of Topliss-reactive ketones (excluding diaryl/α,β-unsaturated/α-hetero) is 2. The third-order valence-electron chi connectivity index (χ3n) is 8.32. The number of carbonyl (C=O) groups is 3. The molecule has 0 heterocycles. The molecule has 4 aliphatic carbocycles. The van der Waals surface area contributed by atoms with Crippen molar-refractivity contribution < 1.29 is 24.2 Å². The predicted octanol–water partition coefficient (Wildman–Crippen LogP) is 2.42. The summed E-state index contributed by atoms with van der Waals surface area (Å²) in [5, 5.41) is 9.55. The van der Waals surface area contributed by atoms with Crippen LogP contribution in [0, 0.1) is 28.6 Å². The van der Waals surface area contributed by atoms with Crippen LogP contribution in [0.4, 0.5) is 0 Å². The number of carbonyl (C=O) groups excluding carboxylic acids is 3. The Morgan fingerprint density at radius 1 is 1.30 bits per heavy atom. The monoisotopic (exact) mass is 372 g/mol. The van der Waals surface area contributed by atoms with E-state index < -0.39 is 23.0 Å². The molecular weight excluding hydrogens is 344 g/mol. The molecule has 3 fully saturated rings. The van der Waals surface area contributed by atoms with Crippen molar-refractivity contribution in [2.45, 2.75) is 51.6 Å². The van der Waals surface area contributed by atoms with Crippen molar-refractivity contribution >= 4 is 17.3 Å². The summed E-state index contributed by atoms with van der Waals surface area (Å²) in [7, 11) is 1.52. The average molecular weight is 372 g/mol. The average Bonchev–Trinajstić information content (AvgIpc) is 2.94. The maximum atomic E-state index is 13.5. The molecule has 6 atom stereocenters. The minimum atomic E-state index is -1.08. The number of aliphatic hydroxyl groups excluding tert-OH is 1. The van der Waals surface area contributed by atoms with E-state index >= 15 is 0 Å². The van der Waals surface area contributed by atoms with Gasteiger partial charge in [0.15, 0.2) is 11.6 Å². The van der Waals surface area contributed by atoms with Crippen LogP contribution in [0.1, 0.15) is 46.0 Å². The van der Waals surface area contributed by atoms with E-state index in [1.165, 1.54) is 7.11 Å². The standard InChI is InChI=1S/C22H28O5/c1-20-8-6-14(24)10-13(20)4-5-15-16-7-9-22(27-3,18(26)12-23)21(16,2)11-17(25)19(15)20/h6,8,10,15-16,19,23H,4-5,7,9,11-12H2,1-3H3/t15-,16-,19+,20-,21-,22-/m0/s1. The first kappa shape index (κ1) is 18.8. The lowest BCUT2D eigenvalue weighted by molar-refractivity contribution is -0.174. The molecule has 0 bridgehead atoms. The van der Waals surface area contributed by atoms with Crippen LogP contribution < -0.4 is 0 Å². The van der Waals surface area contributed by atoms with Gasteiger partial charge < -0.3 is 9.84 Å². The van der Waals surface area contributed by atoms with Crippen molar-refractivity contribution in [2.75, 3.05) is 13.7 Å². The van der Waals surface area contributed by atoms with Crippen LogP contribution in [0.5, 0.6) is 0 Å². The van der Waals surface area contributed by atoms with E-state index in [4.69, 9.17) is 4.74 Å². The number of allylic oxidation sites excluding steroid dienone is 4. The molecule has 5 heteroatoms. The zero-order chi connectivity index (χ0) is 19.6. The second kappa shape index (κ2) is 5.95. The third kappa shape index (κ3) is 2.21. The molecule has 4 aliphatic rings. The summed E-state index contributed by atoms with van der Waals surface area (Å²) in [6, 6.07) is 0. The second-order valence-corrected chi connectivity index (χ2v) is 9.19. The topological polar surface area (TPSA) is 80.7 Å². The summed E-state index contributed by atoms with van der Waals surface area (Å²) in [5.41, 5.74) is -1.02. The van der Waals surface area contributed by atoms with Gasteiger partial charge in [-0.05, 0) is 49.7 Å². The Labute approximate surface area is 159 Å². The minimum Gasteiger partial charge on any atom is -0.388 e. The van der Waals surface area contributed by atoms with Crippen molar-refractivity contribution in [1.82, 2.24) is 0 Å². The van der Waals surface area contributed by atoms with Gasteiger partial charge in [0.1, 0.15) is 18.0 Å². The van der Waals surface area contributed by atoms with Crippen LogP contribution >= 0.6 is 0 Å². The molecule has 0 amide bonds. The van der Waals surface area contributed by atoms with E-state index in [1.54, 1.807) is 12.2 Å². The van der Waals surface area contributed by atoms with Crippen molar-refractivity contribution in [3.8, 4) is 0 Å². The Morgan fingerprint density at radius 2 is 2.04 bits per heavy atom. The fourth-order valence-corrected chi connectivity index (χ4v) is 7.05. The molecule has 27 heavy (non-hydrogen) atoms. The molecule has 5 nitrogen and oxygen atoms in total. The molecule has 1 N–H and O–H groups in total. The van der Waals surface area contributed by atoms with E-state index in [-0.39, 0.29) is 41.5 Å². The molecule has 146 valence electrons. The van der Waals surface area contributed by atoms with E-state index in [9.17, 15) is 19.5 Å². The summed E-state index contributed by atoms with van der Waals surface area (Å²) in [6.07, 6.45) is 8.55. The van der Waals surface area contributed by atoms with Gasteiger partial charge in [0, 0.05) is 30.3 Å². The van der Waals surface area contributed by atoms with E-state index in [0.29, 0.717) is 6.42 Å². The third-order valence-corrected chi connectivity index (χ3v) is 8.32. The SMILES string of the molecule is CO[C@]1(C(=O)CO)CC[C@H]2[C@@H]3CCC4=CC(=O)C=C[C@]4(C)[C@H]3C(=O)C[C@@]21C. The quantitative estimate of drug-likeness (QED) is 0.823. The molecule has 0 aliphatic heterocycles. The summed E-state index contributed by atoms with van der Waals surface area (Å²) in [5.74, 6) is 0.0467. The summed E-state index contributed by atoms with van der Waals surface area (Å²) < 4.78 is 5.77. The van der Waals surface area contributed by atoms with Crippen molar-refractivity contribution in [3.05, 3.63) is 23.8 Å². The number of fused-ring (bicyclic) bond motifs is 5. The predicted molar refractivity (Wildman–Crippen MR) is 98.8 cm³/mol. The Balaban J connectivity index is 1.77. The van der Waals surface area contributed by atoms with Gasteiger partial charge in [0.05, 0.1) is 0 Å². The number of aliphatic hydroxyl groups is 1. The van der Waals surface area contributed by atoms with Gasteiger partial charge >= 0.3 is 0 Å². The molecule has 0 aromatic rings. The number of hydrogen-bond donors (Lipinski definition) is 1. The maximum Gasteiger partial charge on any atom is 0.190 e. The van der Waals surface area contributed by atoms with E-state index in [2.05, 4.69) is 6.92 Å².